The molecule has 1 aromatic rings. The summed E-state index contributed by atoms with van der Waals surface area (Å²) in [6.07, 6.45) is 1.04. The van der Waals surface area contributed by atoms with Gasteiger partial charge < -0.3 is 14.6 Å². The maximum absolute atomic E-state index is 12.1. The van der Waals surface area contributed by atoms with Crippen LogP contribution >= 0.6 is 0 Å². The van der Waals surface area contributed by atoms with E-state index >= 15 is 0 Å². The molecular weight excluding hydrogens is 246 g/mol. The number of alkyl halides is 2. The van der Waals surface area contributed by atoms with E-state index in [1.807, 2.05) is 0 Å². The van der Waals surface area contributed by atoms with Crippen molar-refractivity contribution in [1.29, 1.82) is 0 Å². The Morgan fingerprint density at radius 2 is 2.11 bits per heavy atom. The van der Waals surface area contributed by atoms with Gasteiger partial charge in [-0.15, -0.1) is 0 Å². The van der Waals surface area contributed by atoms with Crippen LogP contribution in [0.15, 0.2) is 18.2 Å². The Kier molecular flexibility index (Phi) is 3.11. The lowest BCUT2D eigenvalue weighted by Gasteiger charge is -2.16. The van der Waals surface area contributed by atoms with Crippen molar-refractivity contribution in [3.05, 3.63) is 23.8 Å². The van der Waals surface area contributed by atoms with Gasteiger partial charge in [0.25, 0.3) is 0 Å². The molecule has 0 unspecified atom stereocenters. The van der Waals surface area contributed by atoms with Gasteiger partial charge in [0, 0.05) is 11.6 Å². The summed E-state index contributed by atoms with van der Waals surface area (Å²) in [6, 6.07) is 4.08. The van der Waals surface area contributed by atoms with Gasteiger partial charge >= 0.3 is 12.6 Å². The highest BCUT2D eigenvalue weighted by Crippen LogP contribution is 2.52. The van der Waals surface area contributed by atoms with Crippen LogP contribution in [0.4, 0.5) is 8.78 Å². The summed E-state index contributed by atoms with van der Waals surface area (Å²) in [5, 5.41) is 9.19. The van der Waals surface area contributed by atoms with Gasteiger partial charge in [0.15, 0.2) is 0 Å². The van der Waals surface area contributed by atoms with Crippen LogP contribution in [0, 0.1) is 0 Å². The second kappa shape index (κ2) is 4.44. The SMILES string of the molecule is COc1cc(OC(F)F)ccc1C1(C(=O)O)CC1. The van der Waals surface area contributed by atoms with Gasteiger partial charge in [0.05, 0.1) is 12.5 Å². The molecule has 0 heterocycles. The number of hydrogen-bond acceptors (Lipinski definition) is 3. The number of halogens is 2. The molecule has 0 radical (unpaired) electrons. The van der Waals surface area contributed by atoms with Crippen LogP contribution < -0.4 is 9.47 Å². The Bertz CT molecular complexity index is 469. The van der Waals surface area contributed by atoms with Crippen molar-refractivity contribution in [1.82, 2.24) is 0 Å². The predicted octanol–water partition coefficient (Wildman–Crippen LogP) is 2.41. The van der Waals surface area contributed by atoms with E-state index in [0.29, 0.717) is 18.4 Å². The van der Waals surface area contributed by atoms with E-state index in [-0.39, 0.29) is 11.5 Å². The minimum atomic E-state index is -2.92. The fourth-order valence-corrected chi connectivity index (χ4v) is 1.97. The van der Waals surface area contributed by atoms with Crippen molar-refractivity contribution < 1.29 is 28.2 Å². The Hall–Kier alpha value is -1.85. The molecule has 0 amide bonds. The zero-order valence-corrected chi connectivity index (χ0v) is 9.65. The predicted molar refractivity (Wildman–Crippen MR) is 58.2 cm³/mol. The van der Waals surface area contributed by atoms with Crippen molar-refractivity contribution in [3.8, 4) is 11.5 Å². The summed E-state index contributed by atoms with van der Waals surface area (Å²) in [6.45, 7) is -2.92. The lowest BCUT2D eigenvalue weighted by atomic mass is 9.95. The minimum absolute atomic E-state index is 0.0493. The maximum atomic E-state index is 12.1. The quantitative estimate of drug-likeness (QED) is 0.881. The summed E-state index contributed by atoms with van der Waals surface area (Å²) in [4.78, 5) is 11.2. The molecule has 6 heteroatoms. The molecule has 1 aliphatic carbocycles. The summed E-state index contributed by atoms with van der Waals surface area (Å²) in [5.74, 6) is -0.719. The molecule has 1 aliphatic rings. The van der Waals surface area contributed by atoms with Crippen LogP contribution in [0.3, 0.4) is 0 Å². The van der Waals surface area contributed by atoms with Gasteiger partial charge in [-0.05, 0) is 18.9 Å². The third-order valence-electron chi connectivity index (χ3n) is 3.07. The van der Waals surface area contributed by atoms with Gasteiger partial charge in [0.1, 0.15) is 11.5 Å². The lowest BCUT2D eigenvalue weighted by Crippen LogP contribution is -2.20. The standard InChI is InChI=1S/C12H12F2O4/c1-17-9-6-7(18-11(13)14)2-3-8(9)12(4-5-12)10(15)16/h2-3,6,11H,4-5H2,1H3,(H,15,16). The van der Waals surface area contributed by atoms with Crippen LogP contribution in [0.5, 0.6) is 11.5 Å². The molecule has 1 saturated carbocycles. The Morgan fingerprint density at radius 1 is 1.44 bits per heavy atom. The second-order valence-electron chi connectivity index (χ2n) is 4.13. The zero-order chi connectivity index (χ0) is 13.3. The highest BCUT2D eigenvalue weighted by atomic mass is 19.3. The summed E-state index contributed by atoms with van der Waals surface area (Å²) in [7, 11) is 1.36. The first-order chi connectivity index (χ1) is 8.49. The number of rotatable bonds is 5. The molecule has 1 fully saturated rings. The third kappa shape index (κ3) is 2.10. The van der Waals surface area contributed by atoms with E-state index in [1.54, 1.807) is 0 Å². The molecule has 0 aliphatic heterocycles. The fraction of sp³-hybridized carbons (Fsp3) is 0.417. The molecule has 2 rings (SSSR count). The van der Waals surface area contributed by atoms with E-state index in [0.717, 1.165) is 0 Å². The zero-order valence-electron chi connectivity index (χ0n) is 9.65. The third-order valence-corrected chi connectivity index (χ3v) is 3.07. The first kappa shape index (κ1) is 12.6. The Morgan fingerprint density at radius 3 is 2.56 bits per heavy atom. The van der Waals surface area contributed by atoms with Gasteiger partial charge in [0.2, 0.25) is 0 Å². The van der Waals surface area contributed by atoms with Gasteiger partial charge in [-0.1, -0.05) is 6.07 Å². The molecular formula is C12H12F2O4. The Balaban J connectivity index is 2.35. The average Bonchev–Trinajstić information content (AvgIpc) is 3.09. The van der Waals surface area contributed by atoms with E-state index in [4.69, 9.17) is 4.74 Å². The van der Waals surface area contributed by atoms with Gasteiger partial charge in [-0.25, -0.2) is 0 Å². The van der Waals surface area contributed by atoms with Crippen LogP contribution in [0.1, 0.15) is 18.4 Å². The van der Waals surface area contributed by atoms with Crippen LogP contribution in [0.2, 0.25) is 0 Å². The molecule has 0 aromatic heterocycles. The largest absolute Gasteiger partial charge is 0.496 e. The first-order valence-electron chi connectivity index (χ1n) is 5.36. The molecule has 4 nitrogen and oxygen atoms in total. The lowest BCUT2D eigenvalue weighted by molar-refractivity contribution is -0.140. The second-order valence-corrected chi connectivity index (χ2v) is 4.13. The molecule has 98 valence electrons. The van der Waals surface area contributed by atoms with Crippen LogP contribution in [-0.4, -0.2) is 24.8 Å². The fourth-order valence-electron chi connectivity index (χ4n) is 1.97. The smallest absolute Gasteiger partial charge is 0.387 e. The number of aliphatic carboxylic acids is 1. The maximum Gasteiger partial charge on any atom is 0.387 e. The summed E-state index contributed by atoms with van der Waals surface area (Å²) >= 11 is 0. The molecule has 18 heavy (non-hydrogen) atoms. The number of ether oxygens (including phenoxy) is 2. The monoisotopic (exact) mass is 258 g/mol. The number of carbonyl (C=O) groups is 1. The van der Waals surface area contributed by atoms with Crippen LogP contribution in [0.25, 0.3) is 0 Å². The van der Waals surface area contributed by atoms with Crippen LogP contribution in [-0.2, 0) is 10.2 Å². The highest BCUT2D eigenvalue weighted by Gasteiger charge is 2.53. The van der Waals surface area contributed by atoms with E-state index in [9.17, 15) is 18.7 Å². The van der Waals surface area contributed by atoms with Crippen molar-refractivity contribution in [2.45, 2.75) is 24.9 Å². The number of benzene rings is 1. The number of methoxy groups -OCH3 is 1. The topological polar surface area (TPSA) is 55.8 Å². The van der Waals surface area contributed by atoms with E-state index in [2.05, 4.69) is 4.74 Å². The molecule has 1 N–H and O–H groups in total. The molecule has 0 bridgehead atoms. The molecule has 0 spiro atoms. The number of carboxylic acids is 1. The van der Waals surface area contributed by atoms with Crippen molar-refractivity contribution in [3.63, 3.8) is 0 Å². The summed E-state index contributed by atoms with van der Waals surface area (Å²) in [5.41, 5.74) is -0.437. The molecule has 0 atom stereocenters. The number of hydrogen-bond donors (Lipinski definition) is 1. The van der Waals surface area contributed by atoms with Crippen molar-refractivity contribution in [2.24, 2.45) is 0 Å². The molecule has 0 saturated heterocycles. The van der Waals surface area contributed by atoms with Crippen molar-refractivity contribution >= 4 is 5.97 Å². The average molecular weight is 258 g/mol. The minimum Gasteiger partial charge on any atom is -0.496 e. The van der Waals surface area contributed by atoms with Crippen molar-refractivity contribution in [2.75, 3.05) is 7.11 Å². The highest BCUT2D eigenvalue weighted by molar-refractivity contribution is 5.86. The van der Waals surface area contributed by atoms with E-state index in [1.165, 1.54) is 25.3 Å². The summed E-state index contributed by atoms with van der Waals surface area (Å²) < 4.78 is 33.4. The van der Waals surface area contributed by atoms with Gasteiger partial charge in [-0.2, -0.15) is 8.78 Å². The normalized spacial score (nSPS) is 16.4. The number of carboxylic acid groups (broad SMARTS) is 1. The molecule has 1 aromatic carbocycles. The van der Waals surface area contributed by atoms with E-state index < -0.39 is 18.0 Å². The first-order valence-corrected chi connectivity index (χ1v) is 5.36. The van der Waals surface area contributed by atoms with Gasteiger partial charge in [-0.3, -0.25) is 4.79 Å². The Labute approximate surface area is 102 Å².